The van der Waals surface area contributed by atoms with Gasteiger partial charge in [0.05, 0.1) is 6.04 Å². The second-order valence-corrected chi connectivity index (χ2v) is 7.66. The minimum absolute atomic E-state index is 0.0393. The molecule has 2 aromatic heterocycles. The minimum atomic E-state index is -0.573. The van der Waals surface area contributed by atoms with Gasteiger partial charge in [0, 0.05) is 30.9 Å². The SMILES string of the molecule is CNC(=O)c1cn(CCc2ccccc2)cc(C(=O)N[C@@H](C)c2cccs2)c1=O. The van der Waals surface area contributed by atoms with Gasteiger partial charge in [0.15, 0.2) is 0 Å². The average Bonchev–Trinajstić information content (AvgIpc) is 3.28. The Hall–Kier alpha value is -3.19. The first-order valence-corrected chi connectivity index (χ1v) is 10.2. The third-order valence-corrected chi connectivity index (χ3v) is 5.67. The number of benzene rings is 1. The van der Waals surface area contributed by atoms with Crippen molar-refractivity contribution in [3.05, 3.63) is 92.0 Å². The van der Waals surface area contributed by atoms with Gasteiger partial charge in [0.1, 0.15) is 11.1 Å². The van der Waals surface area contributed by atoms with Crippen LogP contribution in [-0.2, 0) is 13.0 Å². The van der Waals surface area contributed by atoms with Crippen molar-refractivity contribution in [1.29, 1.82) is 0 Å². The Morgan fingerprint density at radius 2 is 1.72 bits per heavy atom. The Morgan fingerprint density at radius 1 is 1.03 bits per heavy atom. The third kappa shape index (κ3) is 5.00. The Kier molecular flexibility index (Phi) is 6.61. The predicted octanol–water partition coefficient (Wildman–Crippen LogP) is 3.00. The largest absolute Gasteiger partial charge is 0.355 e. The van der Waals surface area contributed by atoms with Gasteiger partial charge in [-0.15, -0.1) is 11.3 Å². The summed E-state index contributed by atoms with van der Waals surface area (Å²) in [6, 6.07) is 13.5. The number of carbonyl (C=O) groups is 2. The van der Waals surface area contributed by atoms with Gasteiger partial charge in [-0.1, -0.05) is 36.4 Å². The summed E-state index contributed by atoms with van der Waals surface area (Å²) in [5, 5.41) is 7.25. The van der Waals surface area contributed by atoms with Gasteiger partial charge in [0.25, 0.3) is 11.8 Å². The number of hydrogen-bond donors (Lipinski definition) is 2. The van der Waals surface area contributed by atoms with Gasteiger partial charge in [-0.05, 0) is 30.4 Å². The Balaban J connectivity index is 1.88. The van der Waals surface area contributed by atoms with Gasteiger partial charge in [-0.2, -0.15) is 0 Å². The first-order valence-electron chi connectivity index (χ1n) is 9.34. The minimum Gasteiger partial charge on any atom is -0.355 e. The van der Waals surface area contributed by atoms with Crippen LogP contribution in [0.1, 0.15) is 44.1 Å². The summed E-state index contributed by atoms with van der Waals surface area (Å²) in [6.45, 7) is 2.40. The molecular formula is C22H23N3O3S. The van der Waals surface area contributed by atoms with E-state index in [4.69, 9.17) is 0 Å². The van der Waals surface area contributed by atoms with E-state index in [2.05, 4.69) is 10.6 Å². The van der Waals surface area contributed by atoms with Gasteiger partial charge in [-0.3, -0.25) is 14.4 Å². The van der Waals surface area contributed by atoms with Crippen molar-refractivity contribution in [2.75, 3.05) is 7.05 Å². The number of hydrogen-bond acceptors (Lipinski definition) is 4. The maximum atomic E-state index is 12.8. The molecule has 6 nitrogen and oxygen atoms in total. The Morgan fingerprint density at radius 3 is 2.34 bits per heavy atom. The van der Waals surface area contributed by atoms with Crippen molar-refractivity contribution >= 4 is 23.2 Å². The number of aromatic nitrogens is 1. The summed E-state index contributed by atoms with van der Waals surface area (Å²) >= 11 is 1.53. The molecule has 150 valence electrons. The lowest BCUT2D eigenvalue weighted by atomic mass is 10.1. The molecule has 3 aromatic rings. The molecule has 0 aliphatic heterocycles. The molecule has 0 aliphatic rings. The lowest BCUT2D eigenvalue weighted by molar-refractivity contribution is 0.0938. The average molecular weight is 410 g/mol. The number of thiophene rings is 1. The molecule has 2 N–H and O–H groups in total. The van der Waals surface area contributed by atoms with Crippen molar-refractivity contribution in [3.8, 4) is 0 Å². The number of nitrogens with one attached hydrogen (secondary N) is 2. The van der Waals surface area contributed by atoms with E-state index in [9.17, 15) is 14.4 Å². The van der Waals surface area contributed by atoms with E-state index in [0.29, 0.717) is 13.0 Å². The highest BCUT2D eigenvalue weighted by Gasteiger charge is 2.20. The van der Waals surface area contributed by atoms with Crippen molar-refractivity contribution < 1.29 is 9.59 Å². The molecule has 7 heteroatoms. The van der Waals surface area contributed by atoms with E-state index in [1.54, 1.807) is 4.57 Å². The summed E-state index contributed by atoms with van der Waals surface area (Å²) in [5.74, 6) is -1.00. The highest BCUT2D eigenvalue weighted by atomic mass is 32.1. The van der Waals surface area contributed by atoms with Gasteiger partial charge >= 0.3 is 0 Å². The van der Waals surface area contributed by atoms with Gasteiger partial charge in [0.2, 0.25) is 5.43 Å². The molecule has 0 unspecified atom stereocenters. The molecule has 0 radical (unpaired) electrons. The monoisotopic (exact) mass is 409 g/mol. The van der Waals surface area contributed by atoms with E-state index in [1.165, 1.54) is 30.8 Å². The summed E-state index contributed by atoms with van der Waals surface area (Å²) in [6.07, 6.45) is 3.74. The van der Waals surface area contributed by atoms with Crippen LogP contribution in [0.3, 0.4) is 0 Å². The zero-order valence-corrected chi connectivity index (χ0v) is 17.2. The molecule has 2 amide bonds. The van der Waals surface area contributed by atoms with Gasteiger partial charge in [-0.25, -0.2) is 0 Å². The molecule has 0 saturated carbocycles. The van der Waals surface area contributed by atoms with Crippen LogP contribution >= 0.6 is 11.3 Å². The molecule has 3 rings (SSSR count). The molecule has 0 spiro atoms. The number of rotatable bonds is 7. The van der Waals surface area contributed by atoms with Crippen LogP contribution in [0.2, 0.25) is 0 Å². The summed E-state index contributed by atoms with van der Waals surface area (Å²) in [5.41, 5.74) is 0.473. The zero-order chi connectivity index (χ0) is 20.8. The maximum absolute atomic E-state index is 12.8. The predicted molar refractivity (Wildman–Crippen MR) is 114 cm³/mol. The standard InChI is InChI=1S/C22H23N3O3S/c1-15(19-9-6-12-29-19)24-22(28)18-14-25(11-10-16-7-4-3-5-8-16)13-17(20(18)26)21(27)23-2/h3-9,12-15H,10-11H2,1-2H3,(H,23,27)(H,24,28)/t15-/m0/s1. The fraction of sp³-hybridized carbons (Fsp3) is 0.227. The van der Waals surface area contributed by atoms with Crippen molar-refractivity contribution in [1.82, 2.24) is 15.2 Å². The third-order valence-electron chi connectivity index (χ3n) is 4.61. The highest BCUT2D eigenvalue weighted by Crippen LogP contribution is 2.18. The van der Waals surface area contributed by atoms with Crippen molar-refractivity contribution in [2.45, 2.75) is 25.9 Å². The number of amides is 2. The number of pyridine rings is 1. The molecule has 0 saturated heterocycles. The van der Waals surface area contributed by atoms with Crippen LogP contribution in [0.5, 0.6) is 0 Å². The topological polar surface area (TPSA) is 80.2 Å². The van der Waals surface area contributed by atoms with Crippen molar-refractivity contribution in [2.24, 2.45) is 0 Å². The van der Waals surface area contributed by atoms with E-state index in [1.807, 2.05) is 54.8 Å². The van der Waals surface area contributed by atoms with Crippen LogP contribution in [-0.4, -0.2) is 23.4 Å². The molecule has 0 fully saturated rings. The number of aryl methyl sites for hydroxylation is 2. The van der Waals surface area contributed by atoms with Crippen LogP contribution in [0.4, 0.5) is 0 Å². The molecule has 29 heavy (non-hydrogen) atoms. The normalized spacial score (nSPS) is 11.7. The second-order valence-electron chi connectivity index (χ2n) is 6.68. The quantitative estimate of drug-likeness (QED) is 0.630. The van der Waals surface area contributed by atoms with Crippen LogP contribution < -0.4 is 16.1 Å². The van der Waals surface area contributed by atoms with Gasteiger partial charge < -0.3 is 15.2 Å². The molecule has 2 heterocycles. The lowest BCUT2D eigenvalue weighted by Gasteiger charge is -2.15. The number of carbonyl (C=O) groups excluding carboxylic acids is 2. The number of nitrogens with zero attached hydrogens (tertiary/aromatic N) is 1. The van der Waals surface area contributed by atoms with E-state index < -0.39 is 17.2 Å². The van der Waals surface area contributed by atoms with E-state index >= 15 is 0 Å². The lowest BCUT2D eigenvalue weighted by Crippen LogP contribution is -2.35. The first-order chi connectivity index (χ1) is 14.0. The van der Waals surface area contributed by atoms with Crippen LogP contribution in [0, 0.1) is 0 Å². The van der Waals surface area contributed by atoms with E-state index in [-0.39, 0.29) is 17.2 Å². The first kappa shape index (κ1) is 20.5. The molecule has 0 bridgehead atoms. The summed E-state index contributed by atoms with van der Waals surface area (Å²) < 4.78 is 1.73. The zero-order valence-electron chi connectivity index (χ0n) is 16.3. The fourth-order valence-corrected chi connectivity index (χ4v) is 3.74. The van der Waals surface area contributed by atoms with Crippen LogP contribution in [0.15, 0.2) is 65.0 Å². The van der Waals surface area contributed by atoms with Crippen molar-refractivity contribution in [3.63, 3.8) is 0 Å². The summed E-state index contributed by atoms with van der Waals surface area (Å²) in [4.78, 5) is 38.8. The highest BCUT2D eigenvalue weighted by molar-refractivity contribution is 7.10. The smallest absolute Gasteiger partial charge is 0.257 e. The fourth-order valence-electron chi connectivity index (χ4n) is 3.00. The Bertz CT molecular complexity index is 1040. The molecule has 1 aromatic carbocycles. The summed E-state index contributed by atoms with van der Waals surface area (Å²) in [7, 11) is 1.46. The van der Waals surface area contributed by atoms with E-state index in [0.717, 1.165) is 10.4 Å². The molecular weight excluding hydrogens is 386 g/mol. The molecule has 1 atom stereocenters. The second kappa shape index (κ2) is 9.34. The maximum Gasteiger partial charge on any atom is 0.257 e. The Labute approximate surface area is 173 Å². The molecule has 0 aliphatic carbocycles. The van der Waals surface area contributed by atoms with Crippen LogP contribution in [0.25, 0.3) is 0 Å².